The van der Waals surface area contributed by atoms with E-state index in [-0.39, 0.29) is 5.91 Å². The van der Waals surface area contributed by atoms with Crippen molar-refractivity contribution < 1.29 is 9.21 Å². The van der Waals surface area contributed by atoms with Crippen molar-refractivity contribution in [1.29, 1.82) is 0 Å². The lowest BCUT2D eigenvalue weighted by Crippen LogP contribution is -2.29. The second-order valence-electron chi connectivity index (χ2n) is 7.44. The third-order valence-corrected chi connectivity index (χ3v) is 5.10. The van der Waals surface area contributed by atoms with Gasteiger partial charge in [0.15, 0.2) is 0 Å². The van der Waals surface area contributed by atoms with Crippen LogP contribution in [-0.2, 0) is 11.3 Å². The number of anilines is 1. The first-order valence-corrected chi connectivity index (χ1v) is 10.0. The summed E-state index contributed by atoms with van der Waals surface area (Å²) >= 11 is 0. The Morgan fingerprint density at radius 2 is 2.00 bits per heavy atom. The predicted molar refractivity (Wildman–Crippen MR) is 113 cm³/mol. The number of nitrogens with zero attached hydrogens (tertiary/aromatic N) is 5. The molecule has 1 atom stereocenters. The Bertz CT molecular complexity index is 1000. The highest BCUT2D eigenvalue weighted by Gasteiger charge is 2.24. The molecule has 2 N–H and O–H groups in total. The molecule has 0 saturated carbocycles. The van der Waals surface area contributed by atoms with Crippen LogP contribution in [0.25, 0.3) is 23.0 Å². The van der Waals surface area contributed by atoms with Crippen LogP contribution in [0.15, 0.2) is 41.1 Å². The van der Waals surface area contributed by atoms with E-state index in [2.05, 4.69) is 35.7 Å². The van der Waals surface area contributed by atoms with E-state index in [4.69, 9.17) is 4.42 Å². The van der Waals surface area contributed by atoms with E-state index in [1.54, 1.807) is 12.4 Å². The van der Waals surface area contributed by atoms with E-state index in [1.165, 1.54) is 12.5 Å². The van der Waals surface area contributed by atoms with Crippen LogP contribution in [0.5, 0.6) is 0 Å². The zero-order valence-electron chi connectivity index (χ0n) is 17.1. The number of hydrogen-bond donors (Lipinski definition) is 2. The number of nitrogens with one attached hydrogen (secondary N) is 2. The summed E-state index contributed by atoms with van der Waals surface area (Å²) in [4.78, 5) is 22.3. The molecule has 0 aliphatic carbocycles. The van der Waals surface area contributed by atoms with E-state index in [0.717, 1.165) is 37.4 Å². The number of benzene rings is 1. The minimum Gasteiger partial charge on any atom is -0.415 e. The molecule has 3 heterocycles. The minimum absolute atomic E-state index is 0.000827. The summed E-state index contributed by atoms with van der Waals surface area (Å²) in [6.07, 6.45) is 4.37. The van der Waals surface area contributed by atoms with Gasteiger partial charge in [-0.25, -0.2) is 4.98 Å². The highest BCUT2D eigenvalue weighted by atomic mass is 16.4. The van der Waals surface area contributed by atoms with Crippen molar-refractivity contribution in [2.75, 3.05) is 31.6 Å². The second kappa shape index (κ2) is 9.00. The van der Waals surface area contributed by atoms with Gasteiger partial charge < -0.3 is 20.0 Å². The summed E-state index contributed by atoms with van der Waals surface area (Å²) in [6.45, 7) is 4.72. The van der Waals surface area contributed by atoms with Crippen molar-refractivity contribution in [3.63, 3.8) is 0 Å². The molecular formula is C21H25N7O2. The standard InChI is InChI=1S/C21H25N7O2/c1-14(29)24-10-16-7-8-28(13-16)19-12-23-11-18(25-19)21-27-26-20(30-21)17-5-3-15(4-6-17)9-22-2/h3-6,11-12,16,22H,7-10,13H2,1-2H3,(H,24,29)/t16-/m1/s1. The fraction of sp³-hybridized carbons (Fsp3) is 0.381. The van der Waals surface area contributed by atoms with Crippen molar-refractivity contribution in [3.05, 3.63) is 42.2 Å². The van der Waals surface area contributed by atoms with E-state index in [0.29, 0.717) is 29.9 Å². The van der Waals surface area contributed by atoms with Gasteiger partial charge in [0, 0.05) is 38.7 Å². The molecule has 1 amide bonds. The van der Waals surface area contributed by atoms with Gasteiger partial charge in [-0.3, -0.25) is 9.78 Å². The first kappa shape index (κ1) is 20.0. The van der Waals surface area contributed by atoms with Gasteiger partial charge in [-0.05, 0) is 37.1 Å². The largest absolute Gasteiger partial charge is 0.415 e. The van der Waals surface area contributed by atoms with Crippen LogP contribution in [0.2, 0.25) is 0 Å². The van der Waals surface area contributed by atoms with Gasteiger partial charge in [0.05, 0.1) is 12.4 Å². The minimum atomic E-state index is -0.000827. The highest BCUT2D eigenvalue weighted by Crippen LogP contribution is 2.26. The molecule has 1 saturated heterocycles. The van der Waals surface area contributed by atoms with Crippen molar-refractivity contribution >= 4 is 11.7 Å². The monoisotopic (exact) mass is 407 g/mol. The molecule has 30 heavy (non-hydrogen) atoms. The van der Waals surface area contributed by atoms with Crippen LogP contribution in [-0.4, -0.2) is 52.8 Å². The number of hydrogen-bond acceptors (Lipinski definition) is 8. The average molecular weight is 407 g/mol. The number of carbonyl (C=O) groups excluding carboxylic acids is 1. The van der Waals surface area contributed by atoms with Gasteiger partial charge in [-0.1, -0.05) is 12.1 Å². The summed E-state index contributed by atoms with van der Waals surface area (Å²) in [5.74, 6) is 1.96. The van der Waals surface area contributed by atoms with Crippen LogP contribution in [0.3, 0.4) is 0 Å². The zero-order chi connectivity index (χ0) is 20.9. The number of amides is 1. The lowest BCUT2D eigenvalue weighted by molar-refractivity contribution is -0.119. The summed E-state index contributed by atoms with van der Waals surface area (Å²) in [6, 6.07) is 7.98. The van der Waals surface area contributed by atoms with Crippen molar-refractivity contribution in [3.8, 4) is 23.0 Å². The maximum absolute atomic E-state index is 11.1. The molecule has 9 nitrogen and oxygen atoms in total. The fourth-order valence-electron chi connectivity index (χ4n) is 3.52. The molecule has 4 rings (SSSR count). The fourth-order valence-corrected chi connectivity index (χ4v) is 3.52. The Balaban J connectivity index is 1.46. The molecule has 1 aliphatic heterocycles. The van der Waals surface area contributed by atoms with Gasteiger partial charge in [0.25, 0.3) is 5.89 Å². The predicted octanol–water partition coefficient (Wildman–Crippen LogP) is 1.88. The number of carbonyl (C=O) groups is 1. The molecular weight excluding hydrogens is 382 g/mol. The molecule has 9 heteroatoms. The quantitative estimate of drug-likeness (QED) is 0.611. The molecule has 0 radical (unpaired) electrons. The Morgan fingerprint density at radius 3 is 2.77 bits per heavy atom. The second-order valence-corrected chi connectivity index (χ2v) is 7.44. The van der Waals surface area contributed by atoms with Crippen molar-refractivity contribution in [1.82, 2.24) is 30.8 Å². The number of aromatic nitrogens is 4. The van der Waals surface area contributed by atoms with Gasteiger partial charge in [-0.15, -0.1) is 10.2 Å². The van der Waals surface area contributed by atoms with Gasteiger partial charge in [-0.2, -0.15) is 0 Å². The van der Waals surface area contributed by atoms with Gasteiger partial charge in [0.2, 0.25) is 11.8 Å². The molecule has 1 aliphatic rings. The average Bonchev–Trinajstić information content (AvgIpc) is 3.43. The van der Waals surface area contributed by atoms with Gasteiger partial charge >= 0.3 is 0 Å². The topological polar surface area (TPSA) is 109 Å². The third kappa shape index (κ3) is 4.62. The third-order valence-electron chi connectivity index (χ3n) is 5.10. The smallest absolute Gasteiger partial charge is 0.268 e. The molecule has 0 spiro atoms. The highest BCUT2D eigenvalue weighted by molar-refractivity contribution is 5.72. The molecule has 1 aromatic carbocycles. The molecule has 3 aromatic rings. The van der Waals surface area contributed by atoms with Crippen LogP contribution in [0.4, 0.5) is 5.82 Å². The summed E-state index contributed by atoms with van der Waals surface area (Å²) in [7, 11) is 1.92. The maximum Gasteiger partial charge on any atom is 0.268 e. The Hall–Kier alpha value is -3.33. The Kier molecular flexibility index (Phi) is 5.99. The van der Waals surface area contributed by atoms with E-state index < -0.39 is 0 Å². The first-order valence-electron chi connectivity index (χ1n) is 10.0. The Morgan fingerprint density at radius 1 is 1.20 bits per heavy atom. The SMILES string of the molecule is CNCc1ccc(-c2nnc(-c3cncc(N4CC[C@H](CNC(C)=O)C4)n3)o2)cc1. The summed E-state index contributed by atoms with van der Waals surface area (Å²) in [5, 5.41) is 14.3. The van der Waals surface area contributed by atoms with Gasteiger partial charge in [0.1, 0.15) is 11.5 Å². The zero-order valence-corrected chi connectivity index (χ0v) is 17.1. The summed E-state index contributed by atoms with van der Waals surface area (Å²) < 4.78 is 5.85. The van der Waals surface area contributed by atoms with Crippen LogP contribution < -0.4 is 15.5 Å². The number of rotatable bonds is 7. The lowest BCUT2D eigenvalue weighted by atomic mass is 10.1. The van der Waals surface area contributed by atoms with E-state index in [1.807, 2.05) is 31.3 Å². The lowest BCUT2D eigenvalue weighted by Gasteiger charge is -2.17. The first-order chi connectivity index (χ1) is 14.6. The van der Waals surface area contributed by atoms with Crippen LogP contribution in [0.1, 0.15) is 18.9 Å². The maximum atomic E-state index is 11.1. The normalized spacial score (nSPS) is 16.1. The van der Waals surface area contributed by atoms with E-state index >= 15 is 0 Å². The Labute approximate surface area is 174 Å². The van der Waals surface area contributed by atoms with Crippen LogP contribution in [0, 0.1) is 5.92 Å². The molecule has 0 bridgehead atoms. The molecule has 0 unspecified atom stereocenters. The summed E-state index contributed by atoms with van der Waals surface area (Å²) in [5.41, 5.74) is 2.59. The molecule has 2 aromatic heterocycles. The molecule has 1 fully saturated rings. The van der Waals surface area contributed by atoms with Crippen molar-refractivity contribution in [2.24, 2.45) is 5.92 Å². The van der Waals surface area contributed by atoms with E-state index in [9.17, 15) is 4.79 Å². The van der Waals surface area contributed by atoms with Crippen LogP contribution >= 0.6 is 0 Å². The molecule has 156 valence electrons. The van der Waals surface area contributed by atoms with Crippen molar-refractivity contribution in [2.45, 2.75) is 19.9 Å².